The number of nitrogens with one attached hydrogen (secondary N) is 1. The minimum atomic E-state index is -1.05. The van der Waals surface area contributed by atoms with Crippen LogP contribution in [0.2, 0.25) is 0 Å². The molecule has 0 saturated carbocycles. The van der Waals surface area contributed by atoms with Gasteiger partial charge in [-0.25, -0.2) is 9.59 Å². The number of carbonyl (C=O) groups is 2. The first-order chi connectivity index (χ1) is 12.7. The number of carboxylic acid groups (broad SMARTS) is 1. The lowest BCUT2D eigenvalue weighted by atomic mass is 10.1. The van der Waals surface area contributed by atoms with Gasteiger partial charge in [0, 0.05) is 32.4 Å². The molecule has 3 heterocycles. The summed E-state index contributed by atoms with van der Waals surface area (Å²) in [6.45, 7) is 8.03. The Hall–Kier alpha value is -3.10. The van der Waals surface area contributed by atoms with E-state index in [1.165, 1.54) is 6.20 Å². The summed E-state index contributed by atoms with van der Waals surface area (Å²) in [6.07, 6.45) is 2.73. The van der Waals surface area contributed by atoms with Gasteiger partial charge >= 0.3 is 12.1 Å². The highest BCUT2D eigenvalue weighted by molar-refractivity contribution is 5.94. The maximum Gasteiger partial charge on any atom is 0.410 e. The number of amides is 1. The number of aromatic amines is 1. The molecule has 0 unspecified atom stereocenters. The zero-order chi connectivity index (χ0) is 19.6. The summed E-state index contributed by atoms with van der Waals surface area (Å²) >= 11 is 0. The van der Waals surface area contributed by atoms with Crippen LogP contribution in [0.5, 0.6) is 0 Å². The summed E-state index contributed by atoms with van der Waals surface area (Å²) in [5, 5.41) is 15.7. The van der Waals surface area contributed by atoms with E-state index >= 15 is 0 Å². The number of aromatic carboxylic acids is 1. The summed E-state index contributed by atoms with van der Waals surface area (Å²) in [5.74, 6) is -1.05. The number of carboxylic acids is 1. The second-order valence-electron chi connectivity index (χ2n) is 7.31. The Bertz CT molecular complexity index is 817. The minimum Gasteiger partial charge on any atom is -0.478 e. The predicted molar refractivity (Wildman–Crippen MR) is 98.8 cm³/mol. The Labute approximate surface area is 156 Å². The molecule has 0 aliphatic carbocycles. The number of pyridine rings is 1. The average molecular weight is 373 g/mol. The SMILES string of the molecule is CC(C)(C)OC(=O)N1CCN(c2ccc(-c3n[nH]cc3C(=O)O)nc2)CC1. The quantitative estimate of drug-likeness (QED) is 0.848. The van der Waals surface area contributed by atoms with E-state index in [-0.39, 0.29) is 11.7 Å². The molecule has 2 aromatic heterocycles. The number of hydrogen-bond donors (Lipinski definition) is 2. The molecule has 9 heteroatoms. The van der Waals surface area contributed by atoms with Gasteiger partial charge in [0.1, 0.15) is 16.9 Å². The fraction of sp³-hybridized carbons (Fsp3) is 0.444. The van der Waals surface area contributed by atoms with E-state index in [1.54, 1.807) is 17.2 Å². The topological polar surface area (TPSA) is 112 Å². The number of hydrogen-bond acceptors (Lipinski definition) is 6. The van der Waals surface area contributed by atoms with Gasteiger partial charge in [0.25, 0.3) is 0 Å². The first-order valence-electron chi connectivity index (χ1n) is 8.71. The van der Waals surface area contributed by atoms with Gasteiger partial charge in [-0.05, 0) is 32.9 Å². The van der Waals surface area contributed by atoms with E-state index in [1.807, 2.05) is 26.8 Å². The van der Waals surface area contributed by atoms with Gasteiger partial charge in [0.2, 0.25) is 0 Å². The molecule has 1 fully saturated rings. The Morgan fingerprint density at radius 1 is 1.19 bits per heavy atom. The highest BCUT2D eigenvalue weighted by Gasteiger charge is 2.26. The third kappa shape index (κ3) is 4.36. The van der Waals surface area contributed by atoms with Crippen LogP contribution >= 0.6 is 0 Å². The molecule has 9 nitrogen and oxygen atoms in total. The van der Waals surface area contributed by atoms with Crippen LogP contribution in [-0.4, -0.2) is 69.0 Å². The molecule has 0 aromatic carbocycles. The zero-order valence-electron chi connectivity index (χ0n) is 15.6. The van der Waals surface area contributed by atoms with Crippen LogP contribution in [-0.2, 0) is 4.74 Å². The third-order valence-electron chi connectivity index (χ3n) is 4.16. The van der Waals surface area contributed by atoms with Crippen molar-refractivity contribution in [3.8, 4) is 11.4 Å². The number of carbonyl (C=O) groups excluding carboxylic acids is 1. The molecule has 0 spiro atoms. The molecule has 2 aromatic rings. The first kappa shape index (κ1) is 18.7. The Balaban J connectivity index is 1.63. The third-order valence-corrected chi connectivity index (χ3v) is 4.16. The second-order valence-corrected chi connectivity index (χ2v) is 7.31. The van der Waals surface area contributed by atoms with Gasteiger partial charge in [-0.1, -0.05) is 0 Å². The first-order valence-corrected chi connectivity index (χ1v) is 8.71. The lowest BCUT2D eigenvalue weighted by molar-refractivity contribution is 0.0240. The molecular weight excluding hydrogens is 350 g/mol. The number of aromatic nitrogens is 3. The maximum absolute atomic E-state index is 12.1. The van der Waals surface area contributed by atoms with Gasteiger partial charge in [-0.15, -0.1) is 0 Å². The molecule has 1 amide bonds. The molecule has 0 radical (unpaired) electrons. The molecular formula is C18H23N5O4. The van der Waals surface area contributed by atoms with Gasteiger partial charge in [0.15, 0.2) is 0 Å². The van der Waals surface area contributed by atoms with Crippen molar-refractivity contribution in [1.82, 2.24) is 20.1 Å². The van der Waals surface area contributed by atoms with Crippen molar-refractivity contribution < 1.29 is 19.4 Å². The number of piperazine rings is 1. The largest absolute Gasteiger partial charge is 0.478 e. The number of ether oxygens (including phenoxy) is 1. The van der Waals surface area contributed by atoms with E-state index in [0.29, 0.717) is 37.6 Å². The van der Waals surface area contributed by atoms with E-state index in [0.717, 1.165) is 5.69 Å². The number of H-pyrrole nitrogens is 1. The van der Waals surface area contributed by atoms with Crippen molar-refractivity contribution in [1.29, 1.82) is 0 Å². The smallest absolute Gasteiger partial charge is 0.410 e. The summed E-state index contributed by atoms with van der Waals surface area (Å²) in [7, 11) is 0. The van der Waals surface area contributed by atoms with Gasteiger partial charge in [0.05, 0.1) is 17.6 Å². The summed E-state index contributed by atoms with van der Waals surface area (Å²) in [5.41, 5.74) is 1.29. The van der Waals surface area contributed by atoms with Crippen LogP contribution in [0.15, 0.2) is 24.5 Å². The molecule has 2 N–H and O–H groups in total. The number of nitrogens with zero attached hydrogens (tertiary/aromatic N) is 4. The number of anilines is 1. The van der Waals surface area contributed by atoms with Crippen molar-refractivity contribution in [3.63, 3.8) is 0 Å². The zero-order valence-corrected chi connectivity index (χ0v) is 15.6. The van der Waals surface area contributed by atoms with Crippen molar-refractivity contribution in [2.24, 2.45) is 0 Å². The molecule has 3 rings (SSSR count). The Morgan fingerprint density at radius 2 is 1.89 bits per heavy atom. The van der Waals surface area contributed by atoms with Crippen molar-refractivity contribution in [2.75, 3.05) is 31.1 Å². The molecule has 27 heavy (non-hydrogen) atoms. The van der Waals surface area contributed by atoms with E-state index in [9.17, 15) is 14.7 Å². The molecule has 1 aliphatic rings. The highest BCUT2D eigenvalue weighted by atomic mass is 16.6. The summed E-state index contributed by atoms with van der Waals surface area (Å²) in [6, 6.07) is 3.63. The summed E-state index contributed by atoms with van der Waals surface area (Å²) < 4.78 is 5.40. The van der Waals surface area contributed by atoms with Crippen LogP contribution in [0.4, 0.5) is 10.5 Å². The second kappa shape index (κ2) is 7.26. The van der Waals surface area contributed by atoms with Crippen LogP contribution in [0.3, 0.4) is 0 Å². The van der Waals surface area contributed by atoms with Crippen LogP contribution in [0, 0.1) is 0 Å². The average Bonchev–Trinajstić information content (AvgIpc) is 3.11. The molecule has 0 bridgehead atoms. The van der Waals surface area contributed by atoms with Crippen LogP contribution < -0.4 is 4.90 Å². The van der Waals surface area contributed by atoms with E-state index < -0.39 is 11.6 Å². The Morgan fingerprint density at radius 3 is 2.44 bits per heavy atom. The standard InChI is InChI=1S/C18H23N5O4/c1-18(2,3)27-17(26)23-8-6-22(7-9-23)12-4-5-14(19-10-12)15-13(16(24)25)11-20-21-15/h4-5,10-11H,6-9H2,1-3H3,(H,20,21)(H,24,25). The lowest BCUT2D eigenvalue weighted by Gasteiger charge is -2.36. The van der Waals surface area contributed by atoms with Crippen LogP contribution in [0.1, 0.15) is 31.1 Å². The maximum atomic E-state index is 12.1. The van der Waals surface area contributed by atoms with Crippen molar-refractivity contribution >= 4 is 17.7 Å². The molecule has 1 saturated heterocycles. The lowest BCUT2D eigenvalue weighted by Crippen LogP contribution is -2.50. The number of rotatable bonds is 3. The van der Waals surface area contributed by atoms with E-state index in [2.05, 4.69) is 20.1 Å². The Kier molecular flexibility index (Phi) is 5.02. The fourth-order valence-electron chi connectivity index (χ4n) is 2.84. The summed E-state index contributed by atoms with van der Waals surface area (Å²) in [4.78, 5) is 31.5. The van der Waals surface area contributed by atoms with Gasteiger partial charge in [-0.2, -0.15) is 5.10 Å². The predicted octanol–water partition coefficient (Wildman–Crippen LogP) is 2.23. The van der Waals surface area contributed by atoms with Gasteiger partial charge < -0.3 is 19.6 Å². The molecule has 1 aliphatic heterocycles. The normalized spacial score (nSPS) is 14.9. The minimum absolute atomic E-state index is 0.0845. The van der Waals surface area contributed by atoms with Crippen molar-refractivity contribution in [3.05, 3.63) is 30.1 Å². The van der Waals surface area contributed by atoms with Crippen LogP contribution in [0.25, 0.3) is 11.4 Å². The highest BCUT2D eigenvalue weighted by Crippen LogP contribution is 2.23. The van der Waals surface area contributed by atoms with Gasteiger partial charge in [-0.3, -0.25) is 10.1 Å². The monoisotopic (exact) mass is 373 g/mol. The van der Waals surface area contributed by atoms with Crippen molar-refractivity contribution in [2.45, 2.75) is 26.4 Å². The fourth-order valence-corrected chi connectivity index (χ4v) is 2.84. The molecule has 0 atom stereocenters. The molecule has 144 valence electrons. The van der Waals surface area contributed by atoms with E-state index in [4.69, 9.17) is 4.74 Å².